The maximum Gasteiger partial charge on any atom is 0.256 e. The van der Waals surface area contributed by atoms with Crippen molar-refractivity contribution >= 4 is 16.8 Å². The zero-order valence-electron chi connectivity index (χ0n) is 14.9. The lowest BCUT2D eigenvalue weighted by atomic mass is 10.1. The summed E-state index contributed by atoms with van der Waals surface area (Å²) >= 11 is 0. The van der Waals surface area contributed by atoms with Gasteiger partial charge in [0.1, 0.15) is 0 Å². The van der Waals surface area contributed by atoms with Gasteiger partial charge in [-0.2, -0.15) is 0 Å². The number of carbonyl (C=O) groups is 1. The van der Waals surface area contributed by atoms with Crippen LogP contribution in [0.5, 0.6) is 0 Å². The van der Waals surface area contributed by atoms with Crippen LogP contribution in [0.25, 0.3) is 10.9 Å². The molecule has 2 aromatic carbocycles. The van der Waals surface area contributed by atoms with E-state index in [1.54, 1.807) is 0 Å². The van der Waals surface area contributed by atoms with Crippen LogP contribution in [0.3, 0.4) is 0 Å². The van der Waals surface area contributed by atoms with Gasteiger partial charge in [-0.3, -0.25) is 4.79 Å². The second kappa shape index (κ2) is 6.40. The van der Waals surface area contributed by atoms with E-state index in [4.69, 9.17) is 0 Å². The Balaban J connectivity index is 1.70. The molecule has 3 heteroatoms. The van der Waals surface area contributed by atoms with E-state index in [2.05, 4.69) is 47.9 Å². The number of carbonyl (C=O) groups excluding carboxylic acids is 1. The summed E-state index contributed by atoms with van der Waals surface area (Å²) in [6, 6.07) is 18.9. The molecule has 0 aliphatic heterocycles. The number of hydrogen-bond donors (Lipinski definition) is 0. The maximum absolute atomic E-state index is 13.1. The Morgan fingerprint density at radius 2 is 1.80 bits per heavy atom. The molecule has 128 valence electrons. The van der Waals surface area contributed by atoms with E-state index >= 15 is 0 Å². The molecule has 1 atom stereocenters. The second-order valence-corrected chi connectivity index (χ2v) is 7.17. The van der Waals surface area contributed by atoms with Crippen LogP contribution >= 0.6 is 0 Å². The first kappa shape index (κ1) is 15.9. The number of nitrogens with zero attached hydrogens (tertiary/aromatic N) is 2. The van der Waals surface area contributed by atoms with Gasteiger partial charge in [-0.25, -0.2) is 0 Å². The molecule has 0 saturated heterocycles. The van der Waals surface area contributed by atoms with Crippen molar-refractivity contribution in [3.63, 3.8) is 0 Å². The van der Waals surface area contributed by atoms with E-state index in [1.807, 2.05) is 36.3 Å². The highest BCUT2D eigenvalue weighted by Crippen LogP contribution is 2.35. The molecule has 25 heavy (non-hydrogen) atoms. The minimum absolute atomic E-state index is 0.127. The Labute approximate surface area is 148 Å². The van der Waals surface area contributed by atoms with E-state index in [0.717, 1.165) is 23.0 Å². The lowest BCUT2D eigenvalue weighted by molar-refractivity contribution is 0.0729. The Morgan fingerprint density at radius 1 is 1.12 bits per heavy atom. The third kappa shape index (κ3) is 3.07. The average molecular weight is 332 g/mol. The first-order chi connectivity index (χ1) is 12.1. The summed E-state index contributed by atoms with van der Waals surface area (Å²) in [5.74, 6) is 0.800. The van der Waals surface area contributed by atoms with Crippen molar-refractivity contribution < 1.29 is 4.79 Å². The predicted octanol–water partition coefficient (Wildman–Crippen LogP) is 4.56. The molecule has 1 aliphatic carbocycles. The smallest absolute Gasteiger partial charge is 0.256 e. The molecular weight excluding hydrogens is 308 g/mol. The van der Waals surface area contributed by atoms with Gasteiger partial charge in [0.15, 0.2) is 0 Å². The van der Waals surface area contributed by atoms with Crippen molar-refractivity contribution in [1.29, 1.82) is 0 Å². The molecule has 1 aromatic heterocycles. The molecule has 3 aromatic rings. The molecular formula is C22H24N2O. The van der Waals surface area contributed by atoms with Crippen molar-refractivity contribution in [2.24, 2.45) is 5.92 Å². The van der Waals surface area contributed by atoms with Crippen LogP contribution in [0.15, 0.2) is 60.8 Å². The van der Waals surface area contributed by atoms with Crippen LogP contribution in [-0.4, -0.2) is 28.5 Å². The second-order valence-electron chi connectivity index (χ2n) is 7.17. The van der Waals surface area contributed by atoms with Crippen molar-refractivity contribution in [2.75, 3.05) is 7.05 Å². The number of para-hydroxylation sites is 1. The highest BCUT2D eigenvalue weighted by atomic mass is 16.2. The Hall–Kier alpha value is -2.55. The van der Waals surface area contributed by atoms with E-state index in [1.165, 1.54) is 18.4 Å². The molecule has 1 aliphatic rings. The van der Waals surface area contributed by atoms with Crippen LogP contribution < -0.4 is 0 Å². The number of amides is 1. The van der Waals surface area contributed by atoms with Crippen LogP contribution in [0.4, 0.5) is 0 Å². The Morgan fingerprint density at radius 3 is 2.52 bits per heavy atom. The molecule has 1 heterocycles. The summed E-state index contributed by atoms with van der Waals surface area (Å²) in [5.41, 5.74) is 3.16. The van der Waals surface area contributed by atoms with Gasteiger partial charge in [0.25, 0.3) is 5.91 Å². The standard InChI is InChI=1S/C22H24N2O/c1-16(18-12-13-18)23(2)22(25)20-15-24(14-17-8-4-3-5-9-17)21-11-7-6-10-19(20)21/h3-11,15-16,18H,12-14H2,1-2H3/t16-/m0/s1. The summed E-state index contributed by atoms with van der Waals surface area (Å²) < 4.78 is 2.19. The lowest BCUT2D eigenvalue weighted by Crippen LogP contribution is -2.36. The van der Waals surface area contributed by atoms with Crippen molar-refractivity contribution in [1.82, 2.24) is 9.47 Å². The van der Waals surface area contributed by atoms with Gasteiger partial charge in [-0.1, -0.05) is 48.5 Å². The fourth-order valence-corrected chi connectivity index (χ4v) is 3.60. The van der Waals surface area contributed by atoms with Crippen molar-refractivity contribution in [3.8, 4) is 0 Å². The Kier molecular flexibility index (Phi) is 4.08. The van der Waals surface area contributed by atoms with Crippen LogP contribution in [-0.2, 0) is 6.54 Å². The first-order valence-electron chi connectivity index (χ1n) is 9.04. The summed E-state index contributed by atoms with van der Waals surface area (Å²) in [5, 5.41) is 1.04. The highest BCUT2D eigenvalue weighted by molar-refractivity contribution is 6.07. The average Bonchev–Trinajstić information content (AvgIpc) is 3.44. The molecule has 0 radical (unpaired) electrons. The van der Waals surface area contributed by atoms with Gasteiger partial charge >= 0.3 is 0 Å². The molecule has 3 nitrogen and oxygen atoms in total. The summed E-state index contributed by atoms with van der Waals surface area (Å²) in [4.78, 5) is 15.0. The minimum atomic E-state index is 0.127. The lowest BCUT2D eigenvalue weighted by Gasteiger charge is -2.24. The number of aromatic nitrogens is 1. The molecule has 0 spiro atoms. The number of fused-ring (bicyclic) bond motifs is 1. The van der Waals surface area contributed by atoms with Gasteiger partial charge in [0, 0.05) is 36.7 Å². The van der Waals surface area contributed by atoms with Crippen LogP contribution in [0.1, 0.15) is 35.7 Å². The largest absolute Gasteiger partial charge is 0.342 e. The monoisotopic (exact) mass is 332 g/mol. The third-order valence-electron chi connectivity index (χ3n) is 5.45. The van der Waals surface area contributed by atoms with Gasteiger partial charge in [0.2, 0.25) is 0 Å². The van der Waals surface area contributed by atoms with Crippen LogP contribution in [0.2, 0.25) is 0 Å². The van der Waals surface area contributed by atoms with Gasteiger partial charge in [0.05, 0.1) is 5.56 Å². The molecule has 0 bridgehead atoms. The van der Waals surface area contributed by atoms with Gasteiger partial charge in [-0.05, 0) is 37.3 Å². The highest BCUT2D eigenvalue weighted by Gasteiger charge is 2.33. The minimum Gasteiger partial charge on any atom is -0.342 e. The van der Waals surface area contributed by atoms with E-state index in [0.29, 0.717) is 12.0 Å². The Bertz CT molecular complexity index is 893. The third-order valence-corrected chi connectivity index (χ3v) is 5.45. The molecule has 1 fully saturated rings. The number of rotatable bonds is 5. The topological polar surface area (TPSA) is 25.2 Å². The van der Waals surface area contributed by atoms with Crippen molar-refractivity contribution in [2.45, 2.75) is 32.4 Å². The molecule has 1 amide bonds. The normalized spacial score (nSPS) is 15.3. The summed E-state index contributed by atoms with van der Waals surface area (Å²) in [6.45, 7) is 2.94. The number of hydrogen-bond acceptors (Lipinski definition) is 1. The van der Waals surface area contributed by atoms with Gasteiger partial charge in [-0.15, -0.1) is 0 Å². The van der Waals surface area contributed by atoms with E-state index in [9.17, 15) is 4.79 Å². The maximum atomic E-state index is 13.1. The SMILES string of the molecule is C[C@@H](C1CC1)N(C)C(=O)c1cn(Cc2ccccc2)c2ccccc12. The van der Waals surface area contributed by atoms with Crippen molar-refractivity contribution in [3.05, 3.63) is 71.9 Å². The van der Waals surface area contributed by atoms with Crippen LogP contribution in [0, 0.1) is 5.92 Å². The van der Waals surface area contributed by atoms with E-state index in [-0.39, 0.29) is 5.91 Å². The van der Waals surface area contributed by atoms with E-state index < -0.39 is 0 Å². The zero-order chi connectivity index (χ0) is 17.4. The summed E-state index contributed by atoms with van der Waals surface area (Å²) in [7, 11) is 1.94. The van der Waals surface area contributed by atoms with Gasteiger partial charge < -0.3 is 9.47 Å². The fourth-order valence-electron chi connectivity index (χ4n) is 3.60. The summed E-state index contributed by atoms with van der Waals surface area (Å²) in [6.07, 6.45) is 4.51. The molecule has 4 rings (SSSR count). The molecule has 1 saturated carbocycles. The predicted molar refractivity (Wildman–Crippen MR) is 102 cm³/mol. The zero-order valence-corrected chi connectivity index (χ0v) is 14.9. The molecule has 0 N–H and O–H groups in total. The first-order valence-corrected chi connectivity index (χ1v) is 9.04. The quantitative estimate of drug-likeness (QED) is 0.672. The molecule has 0 unspecified atom stereocenters. The number of benzene rings is 2. The fraction of sp³-hybridized carbons (Fsp3) is 0.318.